The van der Waals surface area contributed by atoms with Crippen molar-refractivity contribution < 1.29 is 9.84 Å². The van der Waals surface area contributed by atoms with E-state index in [1.807, 2.05) is 35.2 Å². The van der Waals surface area contributed by atoms with E-state index in [2.05, 4.69) is 20.4 Å². The molecule has 0 unspecified atom stereocenters. The van der Waals surface area contributed by atoms with Crippen LogP contribution in [-0.2, 0) is 6.54 Å². The number of halogens is 2. The Morgan fingerprint density at radius 2 is 2.10 bits per heavy atom. The largest absolute Gasteiger partial charge is 0.495 e. The summed E-state index contributed by atoms with van der Waals surface area (Å²) < 4.78 is 5.19. The molecule has 2 N–H and O–H groups in total. The van der Waals surface area contributed by atoms with E-state index in [0.29, 0.717) is 41.8 Å². The number of methoxy groups -OCH3 is 1. The molecule has 1 aliphatic heterocycles. The predicted octanol–water partition coefficient (Wildman–Crippen LogP) is 4.45. The van der Waals surface area contributed by atoms with E-state index in [9.17, 15) is 5.11 Å². The molecule has 1 aliphatic rings. The molecule has 4 rings (SSSR count). The van der Waals surface area contributed by atoms with Crippen LogP contribution in [0, 0.1) is 6.57 Å². The van der Waals surface area contributed by atoms with Crippen molar-refractivity contribution >= 4 is 52.1 Å². The van der Waals surface area contributed by atoms with Crippen molar-refractivity contribution in [2.75, 3.05) is 30.4 Å². The summed E-state index contributed by atoms with van der Waals surface area (Å²) in [7, 11) is 1.58. The van der Waals surface area contributed by atoms with Gasteiger partial charge in [0.1, 0.15) is 5.75 Å². The van der Waals surface area contributed by atoms with Gasteiger partial charge in [0.05, 0.1) is 24.8 Å². The zero-order valence-corrected chi connectivity index (χ0v) is 17.9. The fourth-order valence-electron chi connectivity index (χ4n) is 3.50. The number of ether oxygens (including phenoxy) is 1. The van der Waals surface area contributed by atoms with Gasteiger partial charge in [-0.05, 0) is 30.2 Å². The Morgan fingerprint density at radius 3 is 2.77 bits per heavy atom. The summed E-state index contributed by atoms with van der Waals surface area (Å²) in [4.78, 5) is 5.57. The minimum atomic E-state index is -0.355. The van der Waals surface area contributed by atoms with Crippen LogP contribution in [0.2, 0.25) is 5.02 Å². The Hall–Kier alpha value is -2.79. The minimum Gasteiger partial charge on any atom is -0.495 e. The number of benzene rings is 2. The van der Waals surface area contributed by atoms with Gasteiger partial charge in [-0.25, -0.2) is 4.85 Å². The summed E-state index contributed by atoms with van der Waals surface area (Å²) in [5, 5.41) is 24.2. The van der Waals surface area contributed by atoms with Crippen LogP contribution in [0.1, 0.15) is 12.0 Å². The molecule has 3 aromatic rings. The first kappa shape index (κ1) is 21.9. The van der Waals surface area contributed by atoms with Crippen molar-refractivity contribution in [2.45, 2.75) is 19.1 Å². The van der Waals surface area contributed by atoms with Crippen LogP contribution in [0.25, 0.3) is 15.6 Å². The van der Waals surface area contributed by atoms with Crippen molar-refractivity contribution in [1.82, 2.24) is 10.2 Å². The predicted molar refractivity (Wildman–Crippen MR) is 121 cm³/mol. The molecule has 9 heteroatoms. The second-order valence-corrected chi connectivity index (χ2v) is 7.33. The third kappa shape index (κ3) is 4.36. The average Bonchev–Trinajstić information content (AvgIpc) is 3.17. The molecule has 2 aromatic carbocycles. The standard InChI is InChI=1S/C21H20ClN5O2.ClH/c1-23-14-4-5-16-17(10-14)20(25-26-21(16)27-8-7-15(28)12-27)24-11-13-3-6-19(29-2)18(22)9-13;/h3-6,9-10,15,28H,7-8,11-12H2,2H3,(H,24,25);1H/t15-;/m1./s1. The van der Waals surface area contributed by atoms with Crippen molar-refractivity contribution in [2.24, 2.45) is 0 Å². The number of nitrogens with one attached hydrogen (secondary N) is 1. The molecule has 0 amide bonds. The van der Waals surface area contributed by atoms with Crippen LogP contribution < -0.4 is 15.0 Å². The molecule has 156 valence electrons. The second-order valence-electron chi connectivity index (χ2n) is 6.92. The van der Waals surface area contributed by atoms with Crippen LogP contribution in [0.3, 0.4) is 0 Å². The number of rotatable bonds is 5. The summed E-state index contributed by atoms with van der Waals surface area (Å²) in [6.07, 6.45) is 0.355. The van der Waals surface area contributed by atoms with Crippen molar-refractivity contribution in [3.8, 4) is 5.75 Å². The Bertz CT molecular complexity index is 1100. The van der Waals surface area contributed by atoms with E-state index in [-0.39, 0.29) is 18.5 Å². The molecular weight excluding hydrogens is 425 g/mol. The van der Waals surface area contributed by atoms with Gasteiger partial charge in [-0.2, -0.15) is 0 Å². The van der Waals surface area contributed by atoms with Crippen molar-refractivity contribution in [1.29, 1.82) is 0 Å². The molecule has 0 radical (unpaired) electrons. The highest BCUT2D eigenvalue weighted by Gasteiger charge is 2.24. The first-order valence-corrected chi connectivity index (χ1v) is 9.64. The van der Waals surface area contributed by atoms with Gasteiger partial charge in [-0.1, -0.05) is 29.8 Å². The lowest BCUT2D eigenvalue weighted by Crippen LogP contribution is -2.23. The maximum absolute atomic E-state index is 9.88. The lowest BCUT2D eigenvalue weighted by atomic mass is 10.1. The SMILES string of the molecule is Cl.[C-]#[N+]c1ccc2c(N3CC[C@@H](O)C3)nnc(NCc3ccc(OC)c(Cl)c3)c2c1. The summed E-state index contributed by atoms with van der Waals surface area (Å²) in [6, 6.07) is 11.1. The maximum Gasteiger partial charge on any atom is 0.188 e. The monoisotopic (exact) mass is 445 g/mol. The Labute approximate surface area is 185 Å². The second kappa shape index (κ2) is 9.35. The third-order valence-corrected chi connectivity index (χ3v) is 5.31. The molecule has 1 aromatic heterocycles. The van der Waals surface area contributed by atoms with Gasteiger partial charge >= 0.3 is 0 Å². The van der Waals surface area contributed by atoms with E-state index < -0.39 is 0 Å². The molecule has 2 heterocycles. The van der Waals surface area contributed by atoms with E-state index in [1.54, 1.807) is 13.2 Å². The molecular formula is C21H21Cl2N5O2. The topological polar surface area (TPSA) is 74.9 Å². The number of fused-ring (bicyclic) bond motifs is 1. The minimum absolute atomic E-state index is 0. The number of β-amino-alcohol motifs (C(OH)–C–C–N with tert-alkyl or cyclic N) is 1. The van der Waals surface area contributed by atoms with Gasteiger partial charge in [0.15, 0.2) is 17.3 Å². The highest BCUT2D eigenvalue weighted by molar-refractivity contribution is 6.32. The van der Waals surface area contributed by atoms with Crippen LogP contribution in [0.15, 0.2) is 36.4 Å². The number of nitrogens with zero attached hydrogens (tertiary/aromatic N) is 4. The Morgan fingerprint density at radius 1 is 1.27 bits per heavy atom. The normalized spacial score (nSPS) is 15.5. The third-order valence-electron chi connectivity index (χ3n) is 5.01. The molecule has 0 saturated carbocycles. The lowest BCUT2D eigenvalue weighted by molar-refractivity contribution is 0.198. The van der Waals surface area contributed by atoms with E-state index in [0.717, 1.165) is 28.7 Å². The summed E-state index contributed by atoms with van der Waals surface area (Å²) in [5.74, 6) is 1.95. The summed E-state index contributed by atoms with van der Waals surface area (Å²) in [5.41, 5.74) is 1.51. The maximum atomic E-state index is 9.88. The summed E-state index contributed by atoms with van der Waals surface area (Å²) in [6.45, 7) is 9.09. The summed E-state index contributed by atoms with van der Waals surface area (Å²) >= 11 is 6.21. The highest BCUT2D eigenvalue weighted by Crippen LogP contribution is 2.33. The number of hydrogen-bond donors (Lipinski definition) is 2. The number of aliphatic hydroxyl groups excluding tert-OH is 1. The highest BCUT2D eigenvalue weighted by atomic mass is 35.5. The van der Waals surface area contributed by atoms with Gasteiger partial charge in [-0.15, -0.1) is 22.6 Å². The molecule has 1 fully saturated rings. The molecule has 7 nitrogen and oxygen atoms in total. The Balaban J connectivity index is 0.00000256. The molecule has 30 heavy (non-hydrogen) atoms. The average molecular weight is 446 g/mol. The fraction of sp³-hybridized carbons (Fsp3) is 0.286. The zero-order valence-electron chi connectivity index (χ0n) is 16.3. The van der Waals surface area contributed by atoms with E-state index >= 15 is 0 Å². The molecule has 0 aliphatic carbocycles. The van der Waals surface area contributed by atoms with Gasteiger partial charge < -0.3 is 20.1 Å². The first-order valence-electron chi connectivity index (χ1n) is 9.26. The van der Waals surface area contributed by atoms with Gasteiger partial charge in [0.2, 0.25) is 0 Å². The van der Waals surface area contributed by atoms with Crippen LogP contribution in [-0.4, -0.2) is 41.6 Å². The van der Waals surface area contributed by atoms with Crippen molar-refractivity contribution in [3.05, 3.63) is 58.4 Å². The van der Waals surface area contributed by atoms with Crippen LogP contribution in [0.5, 0.6) is 5.75 Å². The first-order chi connectivity index (χ1) is 14.1. The number of aliphatic hydroxyl groups is 1. The Kier molecular flexibility index (Phi) is 6.83. The number of hydrogen-bond acceptors (Lipinski definition) is 6. The lowest BCUT2D eigenvalue weighted by Gasteiger charge is -2.19. The van der Waals surface area contributed by atoms with Crippen LogP contribution in [0.4, 0.5) is 17.3 Å². The quantitative estimate of drug-likeness (QED) is 0.565. The number of anilines is 2. The number of aromatic nitrogens is 2. The molecule has 0 spiro atoms. The zero-order chi connectivity index (χ0) is 20.4. The van der Waals surface area contributed by atoms with Gasteiger partial charge in [0, 0.05) is 30.4 Å². The van der Waals surface area contributed by atoms with Crippen LogP contribution >= 0.6 is 24.0 Å². The van der Waals surface area contributed by atoms with Gasteiger partial charge in [-0.3, -0.25) is 0 Å². The van der Waals surface area contributed by atoms with Crippen molar-refractivity contribution in [3.63, 3.8) is 0 Å². The van der Waals surface area contributed by atoms with E-state index in [4.69, 9.17) is 22.9 Å². The molecule has 0 bridgehead atoms. The van der Waals surface area contributed by atoms with E-state index in [1.165, 1.54) is 0 Å². The smallest absolute Gasteiger partial charge is 0.188 e. The molecule has 1 atom stereocenters. The fourth-order valence-corrected chi connectivity index (χ4v) is 3.78. The molecule has 1 saturated heterocycles. The van der Waals surface area contributed by atoms with Gasteiger partial charge in [0.25, 0.3) is 0 Å².